The highest BCUT2D eigenvalue weighted by atomic mass is 79.9. The highest BCUT2D eigenvalue weighted by molar-refractivity contribution is 9.10. The number of methoxy groups -OCH3 is 1. The van der Waals surface area contributed by atoms with Crippen molar-refractivity contribution in [3.63, 3.8) is 0 Å². The Labute approximate surface area is 94.7 Å². The lowest BCUT2D eigenvalue weighted by Gasteiger charge is -2.03. The number of aromatic nitrogens is 2. The van der Waals surface area contributed by atoms with Gasteiger partial charge in [0.1, 0.15) is 13.1 Å². The second-order valence-electron chi connectivity index (χ2n) is 2.71. The van der Waals surface area contributed by atoms with Crippen LogP contribution in [0.1, 0.15) is 0 Å². The third-order valence-electron chi connectivity index (χ3n) is 1.56. The van der Waals surface area contributed by atoms with E-state index >= 15 is 0 Å². The van der Waals surface area contributed by atoms with Crippen LogP contribution in [-0.2, 0) is 20.9 Å². The zero-order valence-corrected chi connectivity index (χ0v) is 9.65. The van der Waals surface area contributed by atoms with Gasteiger partial charge in [0.05, 0.1) is 17.8 Å². The Hall–Kier alpha value is -1.37. The van der Waals surface area contributed by atoms with Crippen molar-refractivity contribution in [1.82, 2.24) is 15.1 Å². The molecule has 0 radical (unpaired) electrons. The maximum Gasteiger partial charge on any atom is 0.325 e. The van der Waals surface area contributed by atoms with Gasteiger partial charge in [-0.05, 0) is 15.9 Å². The van der Waals surface area contributed by atoms with Gasteiger partial charge in [0, 0.05) is 6.20 Å². The first-order valence-corrected chi connectivity index (χ1v) is 4.92. The molecule has 0 aromatic carbocycles. The third-order valence-corrected chi connectivity index (χ3v) is 1.97. The summed E-state index contributed by atoms with van der Waals surface area (Å²) in [6.45, 7) is -0.0552. The van der Waals surface area contributed by atoms with Crippen LogP contribution in [-0.4, -0.2) is 35.3 Å². The van der Waals surface area contributed by atoms with Crippen molar-refractivity contribution in [2.75, 3.05) is 13.7 Å². The molecule has 1 aromatic rings. The molecular weight excluding hydrogens is 266 g/mol. The number of rotatable bonds is 4. The Morgan fingerprint density at radius 3 is 2.93 bits per heavy atom. The molecule has 0 saturated carbocycles. The second-order valence-corrected chi connectivity index (χ2v) is 3.62. The van der Waals surface area contributed by atoms with E-state index in [0.29, 0.717) is 0 Å². The minimum Gasteiger partial charge on any atom is -0.468 e. The molecule has 1 aromatic heterocycles. The molecule has 0 fully saturated rings. The summed E-state index contributed by atoms with van der Waals surface area (Å²) in [6.07, 6.45) is 3.24. The summed E-state index contributed by atoms with van der Waals surface area (Å²) >= 11 is 3.21. The predicted octanol–water partition coefficient (Wildman–Crippen LogP) is -0.0652. The first kappa shape index (κ1) is 11.7. The fourth-order valence-electron chi connectivity index (χ4n) is 0.871. The number of halogens is 1. The molecule has 0 bridgehead atoms. The van der Waals surface area contributed by atoms with Gasteiger partial charge in [-0.1, -0.05) is 0 Å². The number of nitrogens with zero attached hydrogens (tertiary/aromatic N) is 2. The van der Waals surface area contributed by atoms with E-state index in [4.69, 9.17) is 0 Å². The number of carbonyl (C=O) groups excluding carboxylic acids is 2. The molecule has 1 amide bonds. The maximum atomic E-state index is 11.2. The van der Waals surface area contributed by atoms with Crippen molar-refractivity contribution in [2.45, 2.75) is 6.54 Å². The third kappa shape index (κ3) is 4.11. The van der Waals surface area contributed by atoms with Gasteiger partial charge in [-0.3, -0.25) is 14.3 Å². The van der Waals surface area contributed by atoms with E-state index in [1.54, 1.807) is 12.4 Å². The molecule has 0 unspecified atom stereocenters. The van der Waals surface area contributed by atoms with Gasteiger partial charge in [-0.2, -0.15) is 5.10 Å². The van der Waals surface area contributed by atoms with Crippen molar-refractivity contribution in [1.29, 1.82) is 0 Å². The first-order chi connectivity index (χ1) is 7.11. The minimum atomic E-state index is -0.481. The Bertz CT molecular complexity index is 364. The SMILES string of the molecule is COC(=O)CNC(=O)Cn1cc(Br)cn1. The molecule has 1 N–H and O–H groups in total. The van der Waals surface area contributed by atoms with Crippen LogP contribution >= 0.6 is 15.9 Å². The summed E-state index contributed by atoms with van der Waals surface area (Å²) < 4.78 is 6.62. The van der Waals surface area contributed by atoms with E-state index in [0.717, 1.165) is 4.47 Å². The first-order valence-electron chi connectivity index (χ1n) is 4.13. The predicted molar refractivity (Wildman–Crippen MR) is 55.0 cm³/mol. The zero-order chi connectivity index (χ0) is 11.3. The smallest absolute Gasteiger partial charge is 0.325 e. The van der Waals surface area contributed by atoms with Crippen molar-refractivity contribution >= 4 is 27.8 Å². The molecule has 0 aliphatic rings. The Kier molecular flexibility index (Phi) is 4.29. The van der Waals surface area contributed by atoms with Crippen LogP contribution in [0.2, 0.25) is 0 Å². The molecular formula is C8H10BrN3O3. The molecule has 0 atom stereocenters. The lowest BCUT2D eigenvalue weighted by molar-refractivity contribution is -0.141. The van der Waals surface area contributed by atoms with Crippen LogP contribution in [0.5, 0.6) is 0 Å². The average molecular weight is 276 g/mol. The highest BCUT2D eigenvalue weighted by Crippen LogP contribution is 2.05. The van der Waals surface area contributed by atoms with Crippen molar-refractivity contribution < 1.29 is 14.3 Å². The molecule has 0 aliphatic carbocycles. The fraction of sp³-hybridized carbons (Fsp3) is 0.375. The molecule has 1 rings (SSSR count). The number of nitrogens with one attached hydrogen (secondary N) is 1. The van der Waals surface area contributed by atoms with Gasteiger partial charge in [0.2, 0.25) is 5.91 Å². The zero-order valence-electron chi connectivity index (χ0n) is 8.07. The Morgan fingerprint density at radius 2 is 2.40 bits per heavy atom. The van der Waals surface area contributed by atoms with Gasteiger partial charge in [0.15, 0.2) is 0 Å². The van der Waals surface area contributed by atoms with Crippen molar-refractivity contribution in [2.24, 2.45) is 0 Å². The summed E-state index contributed by atoms with van der Waals surface area (Å²) in [5.41, 5.74) is 0. The summed E-state index contributed by atoms with van der Waals surface area (Å²) in [7, 11) is 1.26. The lowest BCUT2D eigenvalue weighted by Crippen LogP contribution is -2.32. The standard InChI is InChI=1S/C8H10BrN3O3/c1-15-8(14)3-10-7(13)5-12-4-6(9)2-11-12/h2,4H,3,5H2,1H3,(H,10,13). The van der Waals surface area contributed by atoms with Gasteiger partial charge >= 0.3 is 5.97 Å². The van der Waals surface area contributed by atoms with Crippen LogP contribution in [0.15, 0.2) is 16.9 Å². The lowest BCUT2D eigenvalue weighted by atomic mass is 10.5. The van der Waals surface area contributed by atoms with E-state index in [1.807, 2.05) is 0 Å². The van der Waals surface area contributed by atoms with E-state index in [1.165, 1.54) is 11.8 Å². The molecule has 0 aliphatic heterocycles. The van der Waals surface area contributed by atoms with E-state index in [2.05, 4.69) is 31.1 Å². The van der Waals surface area contributed by atoms with Crippen molar-refractivity contribution in [3.8, 4) is 0 Å². The van der Waals surface area contributed by atoms with E-state index < -0.39 is 5.97 Å². The largest absolute Gasteiger partial charge is 0.468 e. The number of esters is 1. The molecule has 15 heavy (non-hydrogen) atoms. The summed E-state index contributed by atoms with van der Waals surface area (Å²) in [5.74, 6) is -0.777. The molecule has 0 saturated heterocycles. The average Bonchev–Trinajstić information content (AvgIpc) is 2.60. The Balaban J connectivity index is 2.33. The number of amides is 1. The molecule has 1 heterocycles. The van der Waals surface area contributed by atoms with Gasteiger partial charge in [-0.15, -0.1) is 0 Å². The normalized spacial score (nSPS) is 9.73. The Morgan fingerprint density at radius 1 is 1.67 bits per heavy atom. The topological polar surface area (TPSA) is 73.2 Å². The fourth-order valence-corrected chi connectivity index (χ4v) is 1.20. The maximum absolute atomic E-state index is 11.2. The van der Waals surface area contributed by atoms with Gasteiger partial charge in [-0.25, -0.2) is 0 Å². The number of hydrogen-bond acceptors (Lipinski definition) is 4. The van der Waals surface area contributed by atoms with Crippen LogP contribution in [0.25, 0.3) is 0 Å². The second kappa shape index (κ2) is 5.50. The number of ether oxygens (including phenoxy) is 1. The number of carbonyl (C=O) groups is 2. The van der Waals surface area contributed by atoms with Crippen LogP contribution in [0, 0.1) is 0 Å². The summed E-state index contributed by atoms with van der Waals surface area (Å²) in [5, 5.41) is 6.30. The summed E-state index contributed by atoms with van der Waals surface area (Å²) in [6, 6.07) is 0. The highest BCUT2D eigenvalue weighted by Gasteiger charge is 2.06. The molecule has 82 valence electrons. The summed E-state index contributed by atoms with van der Waals surface area (Å²) in [4.78, 5) is 22.0. The quantitative estimate of drug-likeness (QED) is 0.782. The van der Waals surface area contributed by atoms with Crippen LogP contribution in [0.3, 0.4) is 0 Å². The van der Waals surface area contributed by atoms with Crippen molar-refractivity contribution in [3.05, 3.63) is 16.9 Å². The van der Waals surface area contributed by atoms with Gasteiger partial charge < -0.3 is 10.1 Å². The monoisotopic (exact) mass is 275 g/mol. The van der Waals surface area contributed by atoms with Crippen LogP contribution in [0.4, 0.5) is 0 Å². The van der Waals surface area contributed by atoms with Gasteiger partial charge in [0.25, 0.3) is 0 Å². The molecule has 0 spiro atoms. The number of hydrogen-bond donors (Lipinski definition) is 1. The minimum absolute atomic E-state index is 0.0720. The molecule has 7 heteroatoms. The molecule has 6 nitrogen and oxygen atoms in total. The van der Waals surface area contributed by atoms with E-state index in [9.17, 15) is 9.59 Å². The van der Waals surface area contributed by atoms with E-state index in [-0.39, 0.29) is 19.0 Å². The van der Waals surface area contributed by atoms with Crippen LogP contribution < -0.4 is 5.32 Å².